The molecule has 0 spiro atoms. The first-order chi connectivity index (χ1) is 14.0. The molecule has 1 fully saturated rings. The van der Waals surface area contributed by atoms with E-state index in [1.165, 1.54) is 0 Å². The third-order valence-corrected chi connectivity index (χ3v) is 5.77. The second kappa shape index (κ2) is 8.19. The molecule has 4 heterocycles. The van der Waals surface area contributed by atoms with Gasteiger partial charge in [-0.1, -0.05) is 0 Å². The van der Waals surface area contributed by atoms with Crippen molar-refractivity contribution in [2.75, 3.05) is 13.1 Å². The number of aryl methyl sites for hydroxylation is 3. The largest absolute Gasteiger partial charge is 0.341 e. The third kappa shape index (κ3) is 4.23. The van der Waals surface area contributed by atoms with Crippen LogP contribution in [0.3, 0.4) is 0 Å². The molecule has 0 unspecified atom stereocenters. The molecule has 3 aromatic heterocycles. The number of nitrogens with zero attached hydrogens (tertiary/aromatic N) is 6. The highest BCUT2D eigenvalue weighted by Crippen LogP contribution is 2.25. The zero-order chi connectivity index (χ0) is 20.4. The Morgan fingerprint density at radius 3 is 2.59 bits per heavy atom. The van der Waals surface area contributed by atoms with Crippen molar-refractivity contribution >= 4 is 5.91 Å². The number of imidazole rings is 1. The van der Waals surface area contributed by atoms with Crippen LogP contribution in [0.15, 0.2) is 36.8 Å². The van der Waals surface area contributed by atoms with Crippen molar-refractivity contribution in [3.63, 3.8) is 0 Å². The fourth-order valence-corrected chi connectivity index (χ4v) is 4.10. The predicted octanol–water partition coefficient (Wildman–Crippen LogP) is 3.01. The quantitative estimate of drug-likeness (QED) is 0.669. The summed E-state index contributed by atoms with van der Waals surface area (Å²) in [6.45, 7) is 8.91. The number of piperidine rings is 1. The lowest BCUT2D eigenvalue weighted by Crippen LogP contribution is -2.41. The molecule has 1 amide bonds. The minimum Gasteiger partial charge on any atom is -0.341 e. The predicted molar refractivity (Wildman–Crippen MR) is 111 cm³/mol. The van der Waals surface area contributed by atoms with Gasteiger partial charge in [-0.3, -0.25) is 14.5 Å². The topological polar surface area (TPSA) is 68.8 Å². The third-order valence-electron chi connectivity index (χ3n) is 5.77. The van der Waals surface area contributed by atoms with Crippen LogP contribution < -0.4 is 0 Å². The fourth-order valence-electron chi connectivity index (χ4n) is 4.10. The van der Waals surface area contributed by atoms with E-state index >= 15 is 0 Å². The highest BCUT2D eigenvalue weighted by atomic mass is 16.2. The number of hydrogen-bond acceptors (Lipinski definition) is 4. The van der Waals surface area contributed by atoms with Gasteiger partial charge in [0.1, 0.15) is 12.4 Å². The van der Waals surface area contributed by atoms with Crippen molar-refractivity contribution in [3.8, 4) is 11.4 Å². The van der Waals surface area contributed by atoms with Crippen LogP contribution in [0.25, 0.3) is 11.4 Å². The lowest BCUT2D eigenvalue weighted by Gasteiger charge is -2.32. The van der Waals surface area contributed by atoms with E-state index in [0.29, 0.717) is 12.5 Å². The van der Waals surface area contributed by atoms with Crippen molar-refractivity contribution in [1.29, 1.82) is 0 Å². The maximum Gasteiger partial charge on any atom is 0.244 e. The van der Waals surface area contributed by atoms with E-state index in [4.69, 9.17) is 0 Å². The molecule has 0 radical (unpaired) electrons. The summed E-state index contributed by atoms with van der Waals surface area (Å²) in [5.74, 6) is 1.67. The van der Waals surface area contributed by atoms with Crippen LogP contribution >= 0.6 is 0 Å². The molecule has 29 heavy (non-hydrogen) atoms. The second-order valence-electron chi connectivity index (χ2n) is 7.98. The normalized spacial score (nSPS) is 15.1. The zero-order valence-corrected chi connectivity index (χ0v) is 17.4. The van der Waals surface area contributed by atoms with Gasteiger partial charge in [-0.25, -0.2) is 4.98 Å². The van der Waals surface area contributed by atoms with Gasteiger partial charge in [0.05, 0.1) is 5.69 Å². The Labute approximate surface area is 171 Å². The monoisotopic (exact) mass is 392 g/mol. The number of aromatic nitrogens is 5. The van der Waals surface area contributed by atoms with Crippen LogP contribution in [-0.4, -0.2) is 48.2 Å². The fraction of sp³-hybridized carbons (Fsp3) is 0.455. The molecular weight excluding hydrogens is 364 g/mol. The first kappa shape index (κ1) is 19.4. The summed E-state index contributed by atoms with van der Waals surface area (Å²) in [6, 6.07) is 5.99. The van der Waals surface area contributed by atoms with Gasteiger partial charge in [0, 0.05) is 55.2 Å². The summed E-state index contributed by atoms with van der Waals surface area (Å²) in [5.41, 5.74) is 4.18. The highest BCUT2D eigenvalue weighted by Gasteiger charge is 2.25. The number of hydrogen-bond donors (Lipinski definition) is 0. The minimum atomic E-state index is 0.157. The molecule has 4 rings (SSSR count). The van der Waals surface area contributed by atoms with E-state index in [0.717, 1.165) is 60.9 Å². The second-order valence-corrected chi connectivity index (χ2v) is 7.98. The summed E-state index contributed by atoms with van der Waals surface area (Å²) in [6.07, 6.45) is 7.58. The summed E-state index contributed by atoms with van der Waals surface area (Å²) >= 11 is 0. The van der Waals surface area contributed by atoms with Crippen molar-refractivity contribution < 1.29 is 4.79 Å². The summed E-state index contributed by atoms with van der Waals surface area (Å²) in [4.78, 5) is 23.5. The maximum absolute atomic E-state index is 12.7. The van der Waals surface area contributed by atoms with Gasteiger partial charge in [-0.2, -0.15) is 5.10 Å². The van der Waals surface area contributed by atoms with E-state index in [1.807, 2.05) is 49.3 Å². The maximum atomic E-state index is 12.7. The summed E-state index contributed by atoms with van der Waals surface area (Å²) in [7, 11) is 0. The minimum absolute atomic E-state index is 0.157. The molecule has 1 aliphatic heterocycles. The SMILES string of the molecule is Cc1cc(C)n(CC(=O)N2CCC(Cn3c(C)cnc3-c3cccnc3)CC2)n1. The van der Waals surface area contributed by atoms with Crippen molar-refractivity contribution in [2.45, 2.75) is 46.7 Å². The number of likely N-dealkylation sites (tertiary alicyclic amines) is 1. The number of pyridine rings is 1. The molecule has 1 aliphatic rings. The van der Waals surface area contributed by atoms with Gasteiger partial charge >= 0.3 is 0 Å². The number of rotatable bonds is 5. The van der Waals surface area contributed by atoms with Crippen molar-refractivity contribution in [2.24, 2.45) is 5.92 Å². The molecule has 3 aromatic rings. The Morgan fingerprint density at radius 1 is 1.14 bits per heavy atom. The smallest absolute Gasteiger partial charge is 0.244 e. The summed E-state index contributed by atoms with van der Waals surface area (Å²) < 4.78 is 4.09. The van der Waals surface area contributed by atoms with Gasteiger partial charge < -0.3 is 9.47 Å². The molecule has 0 aromatic carbocycles. The van der Waals surface area contributed by atoms with Gasteiger partial charge in [0.25, 0.3) is 0 Å². The number of amides is 1. The van der Waals surface area contributed by atoms with Gasteiger partial charge in [-0.05, 0) is 57.7 Å². The first-order valence-electron chi connectivity index (χ1n) is 10.2. The molecule has 0 aliphatic carbocycles. The Kier molecular flexibility index (Phi) is 5.47. The molecular formula is C22H28N6O. The zero-order valence-electron chi connectivity index (χ0n) is 17.4. The standard InChI is InChI=1S/C22H28N6O/c1-16-11-17(2)28(25-16)15-21(29)26-9-6-19(7-10-26)14-27-18(3)12-24-22(27)20-5-4-8-23-13-20/h4-5,8,11-13,19H,6-7,9-10,14-15H2,1-3H3. The molecule has 0 atom stereocenters. The lowest BCUT2D eigenvalue weighted by molar-refractivity contribution is -0.133. The van der Waals surface area contributed by atoms with E-state index in [9.17, 15) is 4.79 Å². The van der Waals surface area contributed by atoms with Crippen molar-refractivity contribution in [3.05, 3.63) is 53.9 Å². The van der Waals surface area contributed by atoms with Crippen LogP contribution in [0, 0.1) is 26.7 Å². The van der Waals surface area contributed by atoms with Gasteiger partial charge in [-0.15, -0.1) is 0 Å². The molecule has 0 N–H and O–H groups in total. The average Bonchev–Trinajstić information content (AvgIpc) is 3.24. The molecule has 7 heteroatoms. The number of carbonyl (C=O) groups excluding carboxylic acids is 1. The number of carbonyl (C=O) groups is 1. The van der Waals surface area contributed by atoms with E-state index in [2.05, 4.69) is 26.6 Å². The van der Waals surface area contributed by atoms with Crippen molar-refractivity contribution in [1.82, 2.24) is 29.2 Å². The van der Waals surface area contributed by atoms with Crippen LogP contribution in [-0.2, 0) is 17.9 Å². The summed E-state index contributed by atoms with van der Waals surface area (Å²) in [5, 5.41) is 4.41. The molecule has 1 saturated heterocycles. The van der Waals surface area contributed by atoms with E-state index in [-0.39, 0.29) is 5.91 Å². The Balaban J connectivity index is 1.37. The molecule has 7 nitrogen and oxygen atoms in total. The van der Waals surface area contributed by atoms with Crippen LogP contribution in [0.2, 0.25) is 0 Å². The average molecular weight is 393 g/mol. The van der Waals surface area contributed by atoms with Gasteiger partial charge in [0.15, 0.2) is 0 Å². The van der Waals surface area contributed by atoms with E-state index < -0.39 is 0 Å². The first-order valence-corrected chi connectivity index (χ1v) is 10.2. The van der Waals surface area contributed by atoms with Crippen LogP contribution in [0.4, 0.5) is 0 Å². The Hall–Kier alpha value is -2.96. The Bertz CT molecular complexity index is 982. The van der Waals surface area contributed by atoms with Gasteiger partial charge in [0.2, 0.25) is 5.91 Å². The molecule has 152 valence electrons. The Morgan fingerprint density at radius 2 is 1.93 bits per heavy atom. The highest BCUT2D eigenvalue weighted by molar-refractivity contribution is 5.76. The lowest BCUT2D eigenvalue weighted by atomic mass is 9.96. The van der Waals surface area contributed by atoms with E-state index in [1.54, 1.807) is 10.9 Å². The van der Waals surface area contributed by atoms with Crippen LogP contribution in [0.1, 0.15) is 29.9 Å². The molecule has 0 bridgehead atoms. The van der Waals surface area contributed by atoms with Crippen LogP contribution in [0.5, 0.6) is 0 Å². The molecule has 0 saturated carbocycles.